The number of carbonyl (C=O) groups is 1. The molecule has 7 nitrogen and oxygen atoms in total. The van der Waals surface area contributed by atoms with Crippen molar-refractivity contribution in [2.45, 2.75) is 26.4 Å². The summed E-state index contributed by atoms with van der Waals surface area (Å²) in [5.74, 6) is 0.0679. The Morgan fingerprint density at radius 1 is 1.55 bits per heavy atom. The van der Waals surface area contributed by atoms with Gasteiger partial charge in [-0.25, -0.2) is 0 Å². The van der Waals surface area contributed by atoms with Gasteiger partial charge in [0.15, 0.2) is 0 Å². The molecule has 108 valence electrons. The molecule has 1 amide bonds. The summed E-state index contributed by atoms with van der Waals surface area (Å²) in [7, 11) is 0. The SMILES string of the molecule is CC(O)CC(C)CNC(=O)c1sccc1-n1cnnn1. The van der Waals surface area contributed by atoms with Crippen LogP contribution in [0.5, 0.6) is 0 Å². The number of aliphatic hydroxyl groups excluding tert-OH is 1. The third-order valence-electron chi connectivity index (χ3n) is 2.80. The van der Waals surface area contributed by atoms with Gasteiger partial charge in [-0.15, -0.1) is 16.4 Å². The average molecular weight is 295 g/mol. The van der Waals surface area contributed by atoms with Crippen molar-refractivity contribution in [1.82, 2.24) is 25.5 Å². The molecule has 2 aromatic rings. The first kappa shape index (κ1) is 14.6. The van der Waals surface area contributed by atoms with Crippen LogP contribution in [0.3, 0.4) is 0 Å². The molecule has 0 aromatic carbocycles. The highest BCUT2D eigenvalue weighted by Gasteiger charge is 2.16. The number of aliphatic hydroxyl groups is 1. The van der Waals surface area contributed by atoms with E-state index in [-0.39, 0.29) is 17.9 Å². The molecule has 0 aliphatic heterocycles. The number of rotatable bonds is 6. The highest BCUT2D eigenvalue weighted by molar-refractivity contribution is 7.12. The van der Waals surface area contributed by atoms with Crippen LogP contribution in [-0.4, -0.2) is 43.9 Å². The molecule has 0 spiro atoms. The summed E-state index contributed by atoms with van der Waals surface area (Å²) >= 11 is 1.34. The van der Waals surface area contributed by atoms with E-state index in [0.717, 1.165) is 0 Å². The van der Waals surface area contributed by atoms with Crippen LogP contribution in [0.15, 0.2) is 17.8 Å². The maximum Gasteiger partial charge on any atom is 0.263 e. The molecule has 0 saturated carbocycles. The van der Waals surface area contributed by atoms with Gasteiger partial charge in [-0.3, -0.25) is 4.79 Å². The van der Waals surface area contributed by atoms with E-state index in [2.05, 4.69) is 20.8 Å². The highest BCUT2D eigenvalue weighted by atomic mass is 32.1. The first-order valence-electron chi connectivity index (χ1n) is 6.35. The van der Waals surface area contributed by atoms with Crippen LogP contribution in [0.2, 0.25) is 0 Å². The molecule has 8 heteroatoms. The minimum absolute atomic E-state index is 0.150. The zero-order valence-corrected chi connectivity index (χ0v) is 12.2. The van der Waals surface area contributed by atoms with Crippen LogP contribution >= 0.6 is 11.3 Å². The molecule has 0 fully saturated rings. The van der Waals surface area contributed by atoms with Crippen LogP contribution < -0.4 is 5.32 Å². The van der Waals surface area contributed by atoms with Gasteiger partial charge in [0.1, 0.15) is 11.2 Å². The molecule has 2 atom stereocenters. The molecule has 2 rings (SSSR count). The van der Waals surface area contributed by atoms with Crippen molar-refractivity contribution in [1.29, 1.82) is 0 Å². The first-order valence-corrected chi connectivity index (χ1v) is 7.23. The normalized spacial score (nSPS) is 13.9. The molecule has 0 radical (unpaired) electrons. The van der Waals surface area contributed by atoms with E-state index < -0.39 is 0 Å². The molecule has 0 aliphatic rings. The number of amides is 1. The fourth-order valence-corrected chi connectivity index (χ4v) is 2.73. The second kappa shape index (κ2) is 6.58. The van der Waals surface area contributed by atoms with Crippen molar-refractivity contribution in [3.05, 3.63) is 22.7 Å². The number of nitrogens with zero attached hydrogens (tertiary/aromatic N) is 4. The van der Waals surface area contributed by atoms with Gasteiger partial charge in [-0.2, -0.15) is 4.68 Å². The molecular weight excluding hydrogens is 278 g/mol. The lowest BCUT2D eigenvalue weighted by Crippen LogP contribution is -2.29. The van der Waals surface area contributed by atoms with E-state index in [0.29, 0.717) is 23.5 Å². The Kier molecular flexibility index (Phi) is 4.80. The zero-order chi connectivity index (χ0) is 14.5. The Morgan fingerprint density at radius 3 is 3.00 bits per heavy atom. The quantitative estimate of drug-likeness (QED) is 0.824. The van der Waals surface area contributed by atoms with Crippen LogP contribution in [0, 0.1) is 5.92 Å². The third-order valence-corrected chi connectivity index (χ3v) is 3.70. The van der Waals surface area contributed by atoms with Crippen molar-refractivity contribution in [3.8, 4) is 5.69 Å². The van der Waals surface area contributed by atoms with E-state index in [4.69, 9.17) is 0 Å². The number of hydrogen-bond donors (Lipinski definition) is 2. The van der Waals surface area contributed by atoms with E-state index in [1.54, 1.807) is 13.0 Å². The summed E-state index contributed by atoms with van der Waals surface area (Å²) in [6.07, 6.45) is 1.75. The summed E-state index contributed by atoms with van der Waals surface area (Å²) < 4.78 is 1.46. The van der Waals surface area contributed by atoms with Gasteiger partial charge in [-0.1, -0.05) is 6.92 Å². The minimum atomic E-state index is -0.361. The Balaban J connectivity index is 1.99. The monoisotopic (exact) mass is 295 g/mol. The maximum atomic E-state index is 12.2. The third kappa shape index (κ3) is 3.61. The molecule has 0 aliphatic carbocycles. The summed E-state index contributed by atoms with van der Waals surface area (Å²) in [5.41, 5.74) is 0.667. The van der Waals surface area contributed by atoms with Crippen molar-refractivity contribution >= 4 is 17.2 Å². The second-order valence-corrected chi connectivity index (χ2v) is 5.71. The van der Waals surface area contributed by atoms with Crippen molar-refractivity contribution < 1.29 is 9.90 Å². The number of hydrogen-bond acceptors (Lipinski definition) is 6. The van der Waals surface area contributed by atoms with Crippen LogP contribution in [0.1, 0.15) is 29.9 Å². The number of nitrogens with one attached hydrogen (secondary N) is 1. The van der Waals surface area contributed by atoms with Gasteiger partial charge in [0.25, 0.3) is 5.91 Å². The molecular formula is C12H17N5O2S. The lowest BCUT2D eigenvalue weighted by molar-refractivity contribution is 0.0943. The predicted octanol–water partition coefficient (Wildman–Crippen LogP) is 0.861. The largest absolute Gasteiger partial charge is 0.393 e. The van der Waals surface area contributed by atoms with E-state index in [1.807, 2.05) is 12.3 Å². The summed E-state index contributed by atoms with van der Waals surface area (Å²) in [6, 6.07) is 1.80. The lowest BCUT2D eigenvalue weighted by atomic mass is 10.0. The first-order chi connectivity index (χ1) is 9.58. The minimum Gasteiger partial charge on any atom is -0.393 e. The molecule has 2 N–H and O–H groups in total. The second-order valence-electron chi connectivity index (χ2n) is 4.79. The van der Waals surface area contributed by atoms with Crippen molar-refractivity contribution in [2.24, 2.45) is 5.92 Å². The highest BCUT2D eigenvalue weighted by Crippen LogP contribution is 2.19. The fraction of sp³-hybridized carbons (Fsp3) is 0.500. The standard InChI is InChI=1S/C12H17N5O2S/c1-8(5-9(2)18)6-13-12(19)11-10(3-4-20-11)17-7-14-15-16-17/h3-4,7-9,18H,5-6H2,1-2H3,(H,13,19). The van der Waals surface area contributed by atoms with Gasteiger partial charge in [0, 0.05) is 6.54 Å². The van der Waals surface area contributed by atoms with Gasteiger partial charge in [-0.05, 0) is 41.1 Å². The summed E-state index contributed by atoms with van der Waals surface area (Å²) in [6.45, 7) is 4.26. The molecule has 0 saturated heterocycles. The molecule has 2 aromatic heterocycles. The topological polar surface area (TPSA) is 92.9 Å². The van der Waals surface area contributed by atoms with Crippen LogP contribution in [-0.2, 0) is 0 Å². The fourth-order valence-electron chi connectivity index (χ4n) is 1.94. The van der Waals surface area contributed by atoms with Crippen LogP contribution in [0.25, 0.3) is 5.69 Å². The molecule has 2 unspecified atom stereocenters. The van der Waals surface area contributed by atoms with E-state index in [1.165, 1.54) is 22.3 Å². The summed E-state index contributed by atoms with van der Waals surface area (Å²) in [5, 5.41) is 24.9. The number of aromatic nitrogens is 4. The Bertz CT molecular complexity index is 552. The smallest absolute Gasteiger partial charge is 0.263 e. The number of carbonyl (C=O) groups excluding carboxylic acids is 1. The Morgan fingerprint density at radius 2 is 2.35 bits per heavy atom. The van der Waals surface area contributed by atoms with Crippen molar-refractivity contribution in [2.75, 3.05) is 6.54 Å². The molecule has 2 heterocycles. The Labute approximate surface area is 120 Å². The van der Waals surface area contributed by atoms with Crippen LogP contribution in [0.4, 0.5) is 0 Å². The van der Waals surface area contributed by atoms with E-state index >= 15 is 0 Å². The predicted molar refractivity (Wildman–Crippen MR) is 74.8 cm³/mol. The molecule has 20 heavy (non-hydrogen) atoms. The van der Waals surface area contributed by atoms with Crippen molar-refractivity contribution in [3.63, 3.8) is 0 Å². The van der Waals surface area contributed by atoms with Gasteiger partial charge < -0.3 is 10.4 Å². The van der Waals surface area contributed by atoms with Gasteiger partial charge in [0.05, 0.1) is 11.8 Å². The van der Waals surface area contributed by atoms with E-state index in [9.17, 15) is 9.90 Å². The van der Waals surface area contributed by atoms with Gasteiger partial charge >= 0.3 is 0 Å². The lowest BCUT2D eigenvalue weighted by Gasteiger charge is -2.14. The maximum absolute atomic E-state index is 12.2. The Hall–Kier alpha value is -1.80. The summed E-state index contributed by atoms with van der Waals surface area (Å²) in [4.78, 5) is 12.7. The average Bonchev–Trinajstić information content (AvgIpc) is 3.04. The number of thiophene rings is 1. The molecule has 0 bridgehead atoms. The van der Waals surface area contributed by atoms with Gasteiger partial charge in [0.2, 0.25) is 0 Å². The zero-order valence-electron chi connectivity index (χ0n) is 11.4. The number of tetrazole rings is 1.